The first-order valence-corrected chi connectivity index (χ1v) is 13.0. The van der Waals surface area contributed by atoms with Crippen LogP contribution in [0.1, 0.15) is 41.0 Å². The van der Waals surface area contributed by atoms with Crippen molar-refractivity contribution in [2.45, 2.75) is 32.4 Å². The molecule has 1 fully saturated rings. The van der Waals surface area contributed by atoms with Gasteiger partial charge in [-0.2, -0.15) is 0 Å². The quantitative estimate of drug-likeness (QED) is 0.296. The number of carbonyl (C=O) groups is 1. The summed E-state index contributed by atoms with van der Waals surface area (Å²) >= 11 is 5.81. The number of pyridine rings is 1. The molecule has 2 aromatic heterocycles. The lowest BCUT2D eigenvalue weighted by molar-refractivity contribution is -0.116. The predicted molar refractivity (Wildman–Crippen MR) is 154 cm³/mol. The van der Waals surface area contributed by atoms with E-state index in [0.717, 1.165) is 39.6 Å². The largest absolute Gasteiger partial charge is 0.497 e. The van der Waals surface area contributed by atoms with Gasteiger partial charge in [0.05, 0.1) is 24.9 Å². The Kier molecular flexibility index (Phi) is 7.42. The molecule has 38 heavy (non-hydrogen) atoms. The highest BCUT2D eigenvalue weighted by molar-refractivity contribution is 7.80. The first kappa shape index (κ1) is 25.5. The van der Waals surface area contributed by atoms with Gasteiger partial charge in [0.1, 0.15) is 5.75 Å². The van der Waals surface area contributed by atoms with Gasteiger partial charge in [-0.25, -0.2) is 0 Å². The van der Waals surface area contributed by atoms with Gasteiger partial charge < -0.3 is 24.8 Å². The smallest absolute Gasteiger partial charge is 0.226 e. The molecule has 3 heterocycles. The highest BCUT2D eigenvalue weighted by Gasteiger charge is 2.41. The Morgan fingerprint density at radius 3 is 2.63 bits per heavy atom. The maximum Gasteiger partial charge on any atom is 0.226 e. The van der Waals surface area contributed by atoms with Crippen LogP contribution in [0.3, 0.4) is 0 Å². The Labute approximate surface area is 228 Å². The number of amides is 1. The lowest BCUT2D eigenvalue weighted by Crippen LogP contribution is -2.33. The van der Waals surface area contributed by atoms with Crippen molar-refractivity contribution in [2.24, 2.45) is 0 Å². The predicted octanol–water partition coefficient (Wildman–Crippen LogP) is 5.50. The van der Waals surface area contributed by atoms with E-state index in [1.165, 1.54) is 0 Å². The third kappa shape index (κ3) is 5.26. The molecule has 4 aromatic rings. The van der Waals surface area contributed by atoms with Crippen molar-refractivity contribution < 1.29 is 9.53 Å². The van der Waals surface area contributed by atoms with Crippen molar-refractivity contribution in [1.29, 1.82) is 0 Å². The lowest BCUT2D eigenvalue weighted by atomic mass is 10.0. The van der Waals surface area contributed by atoms with Crippen LogP contribution < -0.4 is 15.4 Å². The second-order valence-electron chi connectivity index (χ2n) is 9.44. The van der Waals surface area contributed by atoms with Crippen LogP contribution in [-0.4, -0.2) is 39.1 Å². The number of aryl methyl sites for hydroxylation is 2. The number of nitrogens with zero attached hydrogens (tertiary/aromatic N) is 3. The van der Waals surface area contributed by atoms with Crippen LogP contribution >= 0.6 is 12.2 Å². The highest BCUT2D eigenvalue weighted by atomic mass is 32.1. The average molecular weight is 526 g/mol. The molecule has 2 atom stereocenters. The number of hydrogen-bond acceptors (Lipinski definition) is 4. The zero-order chi connectivity index (χ0) is 26.6. The van der Waals surface area contributed by atoms with Gasteiger partial charge in [-0.15, -0.1) is 0 Å². The first-order chi connectivity index (χ1) is 18.4. The fourth-order valence-corrected chi connectivity index (χ4v) is 5.22. The zero-order valence-electron chi connectivity index (χ0n) is 21.7. The molecule has 8 heteroatoms. The molecule has 1 saturated heterocycles. The molecule has 1 amide bonds. The van der Waals surface area contributed by atoms with Crippen LogP contribution in [0.4, 0.5) is 5.69 Å². The molecule has 7 nitrogen and oxygen atoms in total. The number of benzene rings is 2. The molecule has 0 unspecified atom stereocenters. The summed E-state index contributed by atoms with van der Waals surface area (Å²) in [5.41, 5.74) is 5.93. The molecular formula is C30H31N5O2S. The maximum absolute atomic E-state index is 13.0. The van der Waals surface area contributed by atoms with Crippen LogP contribution in [0.5, 0.6) is 5.75 Å². The van der Waals surface area contributed by atoms with E-state index < -0.39 is 0 Å². The minimum atomic E-state index is -0.169. The summed E-state index contributed by atoms with van der Waals surface area (Å²) < 4.78 is 7.49. The summed E-state index contributed by atoms with van der Waals surface area (Å²) in [4.78, 5) is 19.7. The van der Waals surface area contributed by atoms with Gasteiger partial charge in [-0.3, -0.25) is 9.78 Å². The zero-order valence-corrected chi connectivity index (χ0v) is 22.5. The molecule has 0 spiro atoms. The first-order valence-electron chi connectivity index (χ1n) is 12.6. The average Bonchev–Trinajstić information content (AvgIpc) is 3.54. The van der Waals surface area contributed by atoms with Gasteiger partial charge in [-0.1, -0.05) is 18.2 Å². The molecule has 5 rings (SSSR count). The fraction of sp³-hybridized carbons (Fsp3) is 0.233. The van der Waals surface area contributed by atoms with Gasteiger partial charge in [0, 0.05) is 42.4 Å². The Morgan fingerprint density at radius 1 is 1.08 bits per heavy atom. The number of rotatable bonds is 8. The van der Waals surface area contributed by atoms with E-state index in [1.807, 2.05) is 86.8 Å². The summed E-state index contributed by atoms with van der Waals surface area (Å²) in [6.45, 7) is 4.48. The molecule has 194 valence electrons. The number of hydrogen-bond donors (Lipinski definition) is 2. The SMILES string of the molecule is COc1ccc(-n2cccc2[C@@H]2[C@@H](c3ccccn3)NC(=S)N2CCC(=O)Nc2cc(C)ccc2C)cc1. The molecule has 2 aromatic carbocycles. The van der Waals surface area contributed by atoms with Crippen molar-refractivity contribution in [2.75, 3.05) is 19.0 Å². The van der Waals surface area contributed by atoms with E-state index in [2.05, 4.69) is 31.2 Å². The van der Waals surface area contributed by atoms with E-state index in [1.54, 1.807) is 13.3 Å². The second kappa shape index (κ2) is 11.1. The molecule has 0 saturated carbocycles. The standard InChI is InChI=1S/C30H31N5O2S/c1-20-9-10-21(2)25(19-20)32-27(36)15-18-35-29(28(33-30(35)38)24-7-4-5-16-31-24)26-8-6-17-34(26)22-11-13-23(37-3)14-12-22/h4-14,16-17,19,28-29H,15,18H2,1-3H3,(H,32,36)(H,33,38)/t28-,29-/m1/s1. The minimum absolute atomic E-state index is 0.0490. The maximum atomic E-state index is 13.0. The van der Waals surface area contributed by atoms with Crippen LogP contribution in [0.15, 0.2) is 85.2 Å². The normalized spacial score (nSPS) is 16.8. The van der Waals surface area contributed by atoms with Crippen molar-refractivity contribution in [3.63, 3.8) is 0 Å². The number of anilines is 1. The molecule has 1 aliphatic heterocycles. The monoisotopic (exact) mass is 525 g/mol. The number of ether oxygens (including phenoxy) is 1. The van der Waals surface area contributed by atoms with Crippen LogP contribution in [-0.2, 0) is 4.79 Å². The number of thiocarbonyl (C=S) groups is 1. The molecule has 2 N–H and O–H groups in total. The highest BCUT2D eigenvalue weighted by Crippen LogP contribution is 2.39. The van der Waals surface area contributed by atoms with E-state index >= 15 is 0 Å². The molecule has 0 bridgehead atoms. The number of nitrogens with one attached hydrogen (secondary N) is 2. The van der Waals surface area contributed by atoms with Crippen molar-refractivity contribution in [3.8, 4) is 11.4 Å². The fourth-order valence-electron chi connectivity index (χ4n) is 4.89. The third-order valence-corrected chi connectivity index (χ3v) is 7.23. The topological polar surface area (TPSA) is 71.4 Å². The third-order valence-electron chi connectivity index (χ3n) is 6.88. The summed E-state index contributed by atoms with van der Waals surface area (Å²) in [7, 11) is 1.66. The Hall–Kier alpha value is -4.17. The lowest BCUT2D eigenvalue weighted by Gasteiger charge is -2.29. The molecular weight excluding hydrogens is 494 g/mol. The molecule has 0 radical (unpaired) electrons. The van der Waals surface area contributed by atoms with E-state index in [9.17, 15) is 4.79 Å². The summed E-state index contributed by atoms with van der Waals surface area (Å²) in [5, 5.41) is 7.15. The summed E-state index contributed by atoms with van der Waals surface area (Å²) in [5.74, 6) is 0.751. The molecule has 0 aliphatic carbocycles. The van der Waals surface area contributed by atoms with E-state index in [-0.39, 0.29) is 18.0 Å². The summed E-state index contributed by atoms with van der Waals surface area (Å²) in [6, 6.07) is 23.7. The van der Waals surface area contributed by atoms with Crippen molar-refractivity contribution in [1.82, 2.24) is 19.8 Å². The van der Waals surface area contributed by atoms with Gasteiger partial charge in [-0.05, 0) is 91.8 Å². The van der Waals surface area contributed by atoms with Crippen LogP contribution in [0, 0.1) is 13.8 Å². The van der Waals surface area contributed by atoms with Gasteiger partial charge in [0.25, 0.3) is 0 Å². The van der Waals surface area contributed by atoms with Gasteiger partial charge >= 0.3 is 0 Å². The second-order valence-corrected chi connectivity index (χ2v) is 9.82. The number of methoxy groups -OCH3 is 1. The van der Waals surface area contributed by atoms with Gasteiger partial charge in [0.15, 0.2) is 5.11 Å². The van der Waals surface area contributed by atoms with Gasteiger partial charge in [0.2, 0.25) is 5.91 Å². The number of aromatic nitrogens is 2. The Morgan fingerprint density at radius 2 is 1.89 bits per heavy atom. The van der Waals surface area contributed by atoms with E-state index in [0.29, 0.717) is 18.1 Å². The van der Waals surface area contributed by atoms with Crippen molar-refractivity contribution >= 4 is 28.9 Å². The van der Waals surface area contributed by atoms with E-state index in [4.69, 9.17) is 17.0 Å². The Bertz CT molecular complexity index is 1430. The van der Waals surface area contributed by atoms with Crippen LogP contribution in [0.25, 0.3) is 5.69 Å². The summed E-state index contributed by atoms with van der Waals surface area (Å²) in [6.07, 6.45) is 4.13. The Balaban J connectivity index is 1.43. The van der Waals surface area contributed by atoms with Crippen molar-refractivity contribution in [3.05, 3.63) is 108 Å². The number of carbonyl (C=O) groups excluding carboxylic acids is 1. The molecule has 1 aliphatic rings. The van der Waals surface area contributed by atoms with Crippen LogP contribution in [0.2, 0.25) is 0 Å². The minimum Gasteiger partial charge on any atom is -0.497 e.